The van der Waals surface area contributed by atoms with Crippen LogP contribution in [0.3, 0.4) is 0 Å². The Morgan fingerprint density at radius 1 is 1.10 bits per heavy atom. The molecular weight excluding hydrogens is 256 g/mol. The molecule has 1 saturated carbocycles. The van der Waals surface area contributed by atoms with E-state index in [1.54, 1.807) is 24.3 Å². The molecule has 108 valence electrons. The van der Waals surface area contributed by atoms with Gasteiger partial charge in [0.15, 0.2) is 0 Å². The molecule has 0 spiro atoms. The number of rotatable bonds is 5. The summed E-state index contributed by atoms with van der Waals surface area (Å²) in [5.41, 5.74) is 12.0. The smallest absolute Gasteiger partial charge is 0.316 e. The highest BCUT2D eigenvalue weighted by Crippen LogP contribution is 2.43. The van der Waals surface area contributed by atoms with E-state index in [4.69, 9.17) is 11.5 Å². The van der Waals surface area contributed by atoms with Gasteiger partial charge in [0.2, 0.25) is 5.91 Å². The molecule has 1 aromatic carbocycles. The minimum Gasteiger partial charge on any atom is -0.351 e. The van der Waals surface area contributed by atoms with Crippen LogP contribution >= 0.6 is 0 Å². The molecule has 6 heteroatoms. The van der Waals surface area contributed by atoms with Gasteiger partial charge in [-0.2, -0.15) is 0 Å². The highest BCUT2D eigenvalue weighted by Gasteiger charge is 2.37. The van der Waals surface area contributed by atoms with Gasteiger partial charge in [-0.15, -0.1) is 0 Å². The molecule has 0 aromatic heterocycles. The van der Waals surface area contributed by atoms with Crippen molar-refractivity contribution >= 4 is 23.3 Å². The third-order valence-electron chi connectivity index (χ3n) is 3.82. The minimum absolute atomic E-state index is 0.00243. The third-order valence-corrected chi connectivity index (χ3v) is 3.82. The zero-order valence-electron chi connectivity index (χ0n) is 11.3. The summed E-state index contributed by atoms with van der Waals surface area (Å²) < 4.78 is 0. The van der Waals surface area contributed by atoms with Crippen LogP contribution in [-0.2, 0) is 4.79 Å². The summed E-state index contributed by atoms with van der Waals surface area (Å²) in [6, 6.07) is 6.19. The van der Waals surface area contributed by atoms with Gasteiger partial charge in [0.1, 0.15) is 0 Å². The summed E-state index contributed by atoms with van der Waals surface area (Å²) in [4.78, 5) is 22.7. The van der Waals surface area contributed by atoms with Crippen molar-refractivity contribution in [2.24, 2.45) is 16.9 Å². The van der Waals surface area contributed by atoms with Gasteiger partial charge in [-0.1, -0.05) is 6.42 Å². The predicted molar refractivity (Wildman–Crippen MR) is 78.2 cm³/mol. The van der Waals surface area contributed by atoms with Gasteiger partial charge in [0.05, 0.1) is 0 Å². The van der Waals surface area contributed by atoms with E-state index >= 15 is 0 Å². The fourth-order valence-electron chi connectivity index (χ4n) is 2.45. The first-order valence-corrected chi connectivity index (χ1v) is 6.69. The zero-order valence-corrected chi connectivity index (χ0v) is 11.3. The van der Waals surface area contributed by atoms with Crippen LogP contribution in [0.1, 0.15) is 25.7 Å². The van der Waals surface area contributed by atoms with Crippen molar-refractivity contribution < 1.29 is 9.59 Å². The number of nitrogens with one attached hydrogen (secondary N) is 2. The number of amides is 3. The summed E-state index contributed by atoms with van der Waals surface area (Å²) in [6.45, 7) is 0.557. The summed E-state index contributed by atoms with van der Waals surface area (Å²) in [7, 11) is 0. The highest BCUT2D eigenvalue weighted by molar-refractivity contribution is 5.92. The van der Waals surface area contributed by atoms with Crippen LogP contribution in [0.15, 0.2) is 24.3 Å². The molecule has 1 aliphatic carbocycles. The van der Waals surface area contributed by atoms with Crippen LogP contribution in [0.5, 0.6) is 0 Å². The zero-order chi connectivity index (χ0) is 14.6. The monoisotopic (exact) mass is 276 g/mol. The molecule has 1 aliphatic rings. The minimum atomic E-state index is -0.614. The largest absolute Gasteiger partial charge is 0.351 e. The lowest BCUT2D eigenvalue weighted by Gasteiger charge is -2.40. The first-order chi connectivity index (χ1) is 9.53. The Morgan fingerprint density at radius 2 is 1.65 bits per heavy atom. The Labute approximate surface area is 117 Å². The van der Waals surface area contributed by atoms with Crippen LogP contribution in [-0.4, -0.2) is 18.5 Å². The van der Waals surface area contributed by atoms with E-state index in [0.29, 0.717) is 24.3 Å². The number of benzene rings is 1. The van der Waals surface area contributed by atoms with E-state index in [1.165, 1.54) is 0 Å². The second-order valence-corrected chi connectivity index (χ2v) is 5.35. The molecule has 2 rings (SSSR count). The van der Waals surface area contributed by atoms with Gasteiger partial charge in [0.25, 0.3) is 0 Å². The molecule has 0 saturated heterocycles. The van der Waals surface area contributed by atoms with E-state index in [9.17, 15) is 9.59 Å². The van der Waals surface area contributed by atoms with Crippen molar-refractivity contribution in [3.8, 4) is 0 Å². The first kappa shape index (κ1) is 14.3. The maximum atomic E-state index is 12.0. The molecular formula is C14H20N4O2. The number of hydrogen-bond acceptors (Lipinski definition) is 3. The number of carbonyl (C=O) groups excluding carboxylic acids is 2. The SMILES string of the molecule is NCC1(CC(=O)Nc2ccc(NC(N)=O)cc2)CCC1. The molecule has 0 aliphatic heterocycles. The normalized spacial score (nSPS) is 16.1. The highest BCUT2D eigenvalue weighted by atomic mass is 16.2. The topological polar surface area (TPSA) is 110 Å². The van der Waals surface area contributed by atoms with Gasteiger partial charge in [-0.05, 0) is 49.1 Å². The fraction of sp³-hybridized carbons (Fsp3) is 0.429. The van der Waals surface area contributed by atoms with Crippen LogP contribution in [0.4, 0.5) is 16.2 Å². The average molecular weight is 276 g/mol. The number of anilines is 2. The van der Waals surface area contributed by atoms with E-state index in [2.05, 4.69) is 10.6 Å². The van der Waals surface area contributed by atoms with Crippen LogP contribution in [0, 0.1) is 5.41 Å². The van der Waals surface area contributed by atoms with Gasteiger partial charge in [-0.3, -0.25) is 4.79 Å². The maximum Gasteiger partial charge on any atom is 0.316 e. The predicted octanol–water partition coefficient (Wildman–Crippen LogP) is 1.63. The van der Waals surface area contributed by atoms with Crippen LogP contribution in [0.25, 0.3) is 0 Å². The third kappa shape index (κ3) is 3.48. The number of hydrogen-bond donors (Lipinski definition) is 4. The second-order valence-electron chi connectivity index (χ2n) is 5.35. The Balaban J connectivity index is 1.89. The standard InChI is InChI=1S/C14H20N4O2/c15-9-14(6-1-7-14)8-12(19)17-10-2-4-11(5-3-10)18-13(16)20/h2-5H,1,6-9,15H2,(H,17,19)(H3,16,18,20). The number of carbonyl (C=O) groups is 2. The molecule has 1 fully saturated rings. The van der Waals surface area contributed by atoms with E-state index in [-0.39, 0.29) is 11.3 Å². The lowest BCUT2D eigenvalue weighted by molar-refractivity contribution is -0.119. The summed E-state index contributed by atoms with van der Waals surface area (Å²) in [6.07, 6.45) is 3.67. The molecule has 0 radical (unpaired) electrons. The van der Waals surface area contributed by atoms with Gasteiger partial charge in [-0.25, -0.2) is 4.79 Å². The molecule has 20 heavy (non-hydrogen) atoms. The second kappa shape index (κ2) is 5.92. The molecule has 1 aromatic rings. The quantitative estimate of drug-likeness (QED) is 0.656. The van der Waals surface area contributed by atoms with Crippen LogP contribution < -0.4 is 22.1 Å². The molecule has 6 N–H and O–H groups in total. The van der Waals surface area contributed by atoms with Crippen molar-refractivity contribution in [1.82, 2.24) is 0 Å². The number of primary amides is 1. The first-order valence-electron chi connectivity index (χ1n) is 6.69. The van der Waals surface area contributed by atoms with Gasteiger partial charge >= 0.3 is 6.03 Å². The number of urea groups is 1. The lowest BCUT2D eigenvalue weighted by atomic mass is 9.66. The molecule has 0 heterocycles. The van der Waals surface area contributed by atoms with Crippen molar-refractivity contribution in [2.75, 3.05) is 17.2 Å². The average Bonchev–Trinajstić information content (AvgIpc) is 2.36. The van der Waals surface area contributed by atoms with Crippen molar-refractivity contribution in [1.29, 1.82) is 0 Å². The molecule has 0 atom stereocenters. The molecule has 3 amide bonds. The maximum absolute atomic E-state index is 12.0. The Kier molecular flexibility index (Phi) is 4.24. The molecule has 0 bridgehead atoms. The van der Waals surface area contributed by atoms with Crippen molar-refractivity contribution in [3.63, 3.8) is 0 Å². The summed E-state index contributed by atoms with van der Waals surface area (Å²) >= 11 is 0. The number of nitrogens with two attached hydrogens (primary N) is 2. The van der Waals surface area contributed by atoms with E-state index in [0.717, 1.165) is 19.3 Å². The molecule has 0 unspecified atom stereocenters. The van der Waals surface area contributed by atoms with E-state index in [1.807, 2.05) is 0 Å². The van der Waals surface area contributed by atoms with Crippen molar-refractivity contribution in [3.05, 3.63) is 24.3 Å². The van der Waals surface area contributed by atoms with Gasteiger partial charge < -0.3 is 22.1 Å². The molecule has 6 nitrogen and oxygen atoms in total. The lowest BCUT2D eigenvalue weighted by Crippen LogP contribution is -2.40. The van der Waals surface area contributed by atoms with Crippen LogP contribution in [0.2, 0.25) is 0 Å². The fourth-order valence-corrected chi connectivity index (χ4v) is 2.45. The Bertz CT molecular complexity index is 489. The van der Waals surface area contributed by atoms with E-state index < -0.39 is 6.03 Å². The Hall–Kier alpha value is -2.08. The summed E-state index contributed by atoms with van der Waals surface area (Å²) in [5.74, 6) is -0.0224. The van der Waals surface area contributed by atoms with Gasteiger partial charge in [0, 0.05) is 17.8 Å². The summed E-state index contributed by atoms with van der Waals surface area (Å²) in [5, 5.41) is 5.30. The van der Waals surface area contributed by atoms with Crippen molar-refractivity contribution in [2.45, 2.75) is 25.7 Å². The Morgan fingerprint density at radius 3 is 2.05 bits per heavy atom.